The molecule has 0 saturated heterocycles. The molecule has 1 heterocycles. The Balaban J connectivity index is 2.09. The van der Waals surface area contributed by atoms with E-state index in [0.717, 1.165) is 14.9 Å². The lowest BCUT2D eigenvalue weighted by Gasteiger charge is -2.09. The van der Waals surface area contributed by atoms with Gasteiger partial charge in [0.2, 0.25) is 0 Å². The quantitative estimate of drug-likeness (QED) is 0.944. The van der Waals surface area contributed by atoms with Gasteiger partial charge in [-0.05, 0) is 18.2 Å². The summed E-state index contributed by atoms with van der Waals surface area (Å²) in [4.78, 5) is 5.03. The van der Waals surface area contributed by atoms with Crippen molar-refractivity contribution in [2.75, 3.05) is 0 Å². The van der Waals surface area contributed by atoms with E-state index in [1.54, 1.807) is 23.0 Å². The van der Waals surface area contributed by atoms with Crippen LogP contribution in [-0.2, 0) is 13.2 Å². The minimum atomic E-state index is -0.0303. The average molecular weight is 300 g/mol. The summed E-state index contributed by atoms with van der Waals surface area (Å²) in [7, 11) is 0. The predicted octanol–water partition coefficient (Wildman–Crippen LogP) is 2.98. The van der Waals surface area contributed by atoms with Crippen molar-refractivity contribution >= 4 is 27.3 Å². The SMILES string of the molecule is OCc1cc(Br)ccc1OCc1cncs1. The van der Waals surface area contributed by atoms with Crippen molar-refractivity contribution < 1.29 is 9.84 Å². The summed E-state index contributed by atoms with van der Waals surface area (Å²) < 4.78 is 6.55. The van der Waals surface area contributed by atoms with Crippen LogP contribution in [0, 0.1) is 0 Å². The number of nitrogens with zero attached hydrogens (tertiary/aromatic N) is 1. The van der Waals surface area contributed by atoms with Crippen molar-refractivity contribution in [3.8, 4) is 5.75 Å². The summed E-state index contributed by atoms with van der Waals surface area (Å²) in [5, 5.41) is 9.19. The first-order valence-corrected chi connectivity index (χ1v) is 6.36. The molecule has 0 spiro atoms. The third-order valence-corrected chi connectivity index (χ3v) is 3.29. The van der Waals surface area contributed by atoms with Crippen molar-refractivity contribution in [1.82, 2.24) is 4.98 Å². The van der Waals surface area contributed by atoms with E-state index in [-0.39, 0.29) is 6.61 Å². The maximum atomic E-state index is 9.19. The van der Waals surface area contributed by atoms with E-state index in [1.165, 1.54) is 0 Å². The monoisotopic (exact) mass is 299 g/mol. The van der Waals surface area contributed by atoms with Crippen LogP contribution >= 0.6 is 27.3 Å². The van der Waals surface area contributed by atoms with E-state index in [9.17, 15) is 5.11 Å². The van der Waals surface area contributed by atoms with Crippen LogP contribution in [0.1, 0.15) is 10.4 Å². The van der Waals surface area contributed by atoms with Crippen molar-refractivity contribution in [3.05, 3.63) is 44.8 Å². The Hall–Kier alpha value is -0.910. The zero-order chi connectivity index (χ0) is 11.4. The molecule has 1 aromatic carbocycles. The fourth-order valence-corrected chi connectivity index (χ4v) is 2.19. The van der Waals surface area contributed by atoms with Crippen molar-refractivity contribution in [2.45, 2.75) is 13.2 Å². The van der Waals surface area contributed by atoms with Crippen LogP contribution in [0.5, 0.6) is 5.75 Å². The molecule has 0 saturated carbocycles. The lowest BCUT2D eigenvalue weighted by atomic mass is 10.2. The van der Waals surface area contributed by atoms with E-state index < -0.39 is 0 Å². The van der Waals surface area contributed by atoms with Gasteiger partial charge in [-0.1, -0.05) is 15.9 Å². The second kappa shape index (κ2) is 5.43. The molecular weight excluding hydrogens is 290 g/mol. The zero-order valence-corrected chi connectivity index (χ0v) is 10.8. The first-order chi connectivity index (χ1) is 7.79. The smallest absolute Gasteiger partial charge is 0.125 e. The van der Waals surface area contributed by atoms with Gasteiger partial charge < -0.3 is 9.84 Å². The standard InChI is InChI=1S/C11H10BrNO2S/c12-9-1-2-11(8(3-9)5-14)15-6-10-4-13-7-16-10/h1-4,7,14H,5-6H2. The van der Waals surface area contributed by atoms with E-state index in [2.05, 4.69) is 20.9 Å². The molecule has 0 aliphatic heterocycles. The van der Waals surface area contributed by atoms with Gasteiger partial charge in [-0.3, -0.25) is 4.98 Å². The summed E-state index contributed by atoms with van der Waals surface area (Å²) in [5.74, 6) is 0.708. The Labute approximate surface area is 106 Å². The fraction of sp³-hybridized carbons (Fsp3) is 0.182. The number of aliphatic hydroxyl groups is 1. The number of hydrogen-bond donors (Lipinski definition) is 1. The Morgan fingerprint density at radius 1 is 1.44 bits per heavy atom. The molecule has 1 aromatic heterocycles. The summed E-state index contributed by atoms with van der Waals surface area (Å²) in [5.41, 5.74) is 2.55. The number of halogens is 1. The van der Waals surface area contributed by atoms with Gasteiger partial charge in [0.05, 0.1) is 17.0 Å². The number of rotatable bonds is 4. The number of benzene rings is 1. The molecule has 3 nitrogen and oxygen atoms in total. The lowest BCUT2D eigenvalue weighted by molar-refractivity contribution is 0.260. The molecule has 0 atom stereocenters. The molecule has 1 N–H and O–H groups in total. The molecule has 0 aliphatic carbocycles. The second-order valence-electron chi connectivity index (χ2n) is 3.17. The van der Waals surface area contributed by atoms with E-state index in [1.807, 2.05) is 18.2 Å². The van der Waals surface area contributed by atoms with Gasteiger partial charge in [0.15, 0.2) is 0 Å². The van der Waals surface area contributed by atoms with Crippen LogP contribution in [-0.4, -0.2) is 10.1 Å². The molecule has 2 aromatic rings. The number of aromatic nitrogens is 1. The molecule has 84 valence electrons. The topological polar surface area (TPSA) is 42.4 Å². The highest BCUT2D eigenvalue weighted by atomic mass is 79.9. The third kappa shape index (κ3) is 2.81. The number of aliphatic hydroxyl groups excluding tert-OH is 1. The Morgan fingerprint density at radius 3 is 3.00 bits per heavy atom. The van der Waals surface area contributed by atoms with E-state index >= 15 is 0 Å². The number of hydrogen-bond acceptors (Lipinski definition) is 4. The lowest BCUT2D eigenvalue weighted by Crippen LogP contribution is -1.97. The highest BCUT2D eigenvalue weighted by Crippen LogP contribution is 2.24. The molecule has 0 bridgehead atoms. The second-order valence-corrected chi connectivity index (χ2v) is 5.05. The summed E-state index contributed by atoms with van der Waals surface area (Å²) in [6.45, 7) is 0.455. The maximum Gasteiger partial charge on any atom is 0.125 e. The molecule has 16 heavy (non-hydrogen) atoms. The molecule has 0 radical (unpaired) electrons. The molecule has 0 amide bonds. The fourth-order valence-electron chi connectivity index (χ4n) is 1.27. The van der Waals surface area contributed by atoms with Crippen LogP contribution in [0.25, 0.3) is 0 Å². The van der Waals surface area contributed by atoms with Crippen LogP contribution in [0.3, 0.4) is 0 Å². The van der Waals surface area contributed by atoms with Crippen LogP contribution in [0.2, 0.25) is 0 Å². The third-order valence-electron chi connectivity index (χ3n) is 2.05. The van der Waals surface area contributed by atoms with Gasteiger partial charge in [-0.25, -0.2) is 0 Å². The van der Waals surface area contributed by atoms with Crippen molar-refractivity contribution in [3.63, 3.8) is 0 Å². The summed E-state index contributed by atoms with van der Waals surface area (Å²) >= 11 is 4.90. The summed E-state index contributed by atoms with van der Waals surface area (Å²) in [6.07, 6.45) is 1.78. The highest BCUT2D eigenvalue weighted by Gasteiger charge is 2.04. The minimum Gasteiger partial charge on any atom is -0.488 e. The molecule has 0 unspecified atom stereocenters. The molecule has 0 aliphatic rings. The Kier molecular flexibility index (Phi) is 3.93. The largest absolute Gasteiger partial charge is 0.488 e. The van der Waals surface area contributed by atoms with Gasteiger partial charge in [0.25, 0.3) is 0 Å². The van der Waals surface area contributed by atoms with Crippen LogP contribution in [0.4, 0.5) is 0 Å². The van der Waals surface area contributed by atoms with Gasteiger partial charge in [-0.15, -0.1) is 11.3 Å². The summed E-state index contributed by atoms with van der Waals surface area (Å²) in [6, 6.07) is 5.58. The van der Waals surface area contributed by atoms with Crippen molar-refractivity contribution in [2.24, 2.45) is 0 Å². The molecule has 2 rings (SSSR count). The zero-order valence-electron chi connectivity index (χ0n) is 8.39. The van der Waals surface area contributed by atoms with Gasteiger partial charge in [-0.2, -0.15) is 0 Å². The normalized spacial score (nSPS) is 10.4. The van der Waals surface area contributed by atoms with E-state index in [4.69, 9.17) is 4.74 Å². The Bertz CT molecular complexity index is 459. The number of thiazole rings is 1. The van der Waals surface area contributed by atoms with Crippen molar-refractivity contribution in [1.29, 1.82) is 0 Å². The minimum absolute atomic E-state index is 0.0303. The maximum absolute atomic E-state index is 9.19. The first-order valence-electron chi connectivity index (χ1n) is 4.69. The van der Waals surface area contributed by atoms with Gasteiger partial charge >= 0.3 is 0 Å². The van der Waals surface area contributed by atoms with E-state index in [0.29, 0.717) is 12.4 Å². The highest BCUT2D eigenvalue weighted by molar-refractivity contribution is 9.10. The van der Waals surface area contributed by atoms with Gasteiger partial charge in [0, 0.05) is 16.2 Å². The van der Waals surface area contributed by atoms with Crippen LogP contribution in [0.15, 0.2) is 34.4 Å². The number of ether oxygens (including phenoxy) is 1. The predicted molar refractivity (Wildman–Crippen MR) is 66.5 cm³/mol. The van der Waals surface area contributed by atoms with Crippen LogP contribution < -0.4 is 4.74 Å². The molecular formula is C11H10BrNO2S. The van der Waals surface area contributed by atoms with Gasteiger partial charge in [0.1, 0.15) is 12.4 Å². The average Bonchev–Trinajstić information content (AvgIpc) is 2.80. The molecule has 0 fully saturated rings. The first kappa shape index (κ1) is 11.6. The molecule has 5 heteroatoms. The Morgan fingerprint density at radius 2 is 2.31 bits per heavy atom.